The van der Waals surface area contributed by atoms with Crippen molar-refractivity contribution in [3.05, 3.63) is 25.3 Å². The number of nitrogens with zero attached hydrogens (tertiary/aromatic N) is 2. The molecule has 0 aromatic heterocycles. The van der Waals surface area contributed by atoms with Gasteiger partial charge in [0.25, 0.3) is 0 Å². The summed E-state index contributed by atoms with van der Waals surface area (Å²) >= 11 is 0. The van der Waals surface area contributed by atoms with E-state index in [1.807, 2.05) is 27.7 Å². The summed E-state index contributed by atoms with van der Waals surface area (Å²) in [6.45, 7) is 21.5. The smallest absolute Gasteiger partial charge is 0.408 e. The zero-order chi connectivity index (χ0) is 29.1. The lowest BCUT2D eigenvalue weighted by atomic mass is 9.85. The van der Waals surface area contributed by atoms with E-state index in [0.29, 0.717) is 32.4 Å². The molecule has 10 nitrogen and oxygen atoms in total. The summed E-state index contributed by atoms with van der Waals surface area (Å²) in [5.41, 5.74) is -2.75. The molecule has 0 aromatic carbocycles. The van der Waals surface area contributed by atoms with Crippen molar-refractivity contribution in [1.82, 2.24) is 20.4 Å². The highest BCUT2D eigenvalue weighted by atomic mass is 16.6. The number of rotatable bonds is 11. The van der Waals surface area contributed by atoms with Gasteiger partial charge in [0.05, 0.1) is 0 Å². The highest BCUT2D eigenvalue weighted by molar-refractivity contribution is 5.96. The Kier molecular flexibility index (Phi) is 9.80. The van der Waals surface area contributed by atoms with E-state index in [0.717, 1.165) is 0 Å². The second-order valence-corrected chi connectivity index (χ2v) is 12.4. The van der Waals surface area contributed by atoms with E-state index in [-0.39, 0.29) is 18.5 Å². The number of hydrogen-bond donors (Lipinski definition) is 3. The topological polar surface area (TPSA) is 128 Å². The molecule has 1 heterocycles. The number of carboxylic acids is 1. The first-order chi connectivity index (χ1) is 17.5. The molecular weight excluding hydrogens is 488 g/mol. The number of hydrogen-bond acceptors (Lipinski definition) is 6. The number of amides is 3. The standard InChI is InChI=1S/C28H46N4O6/c1-10-13-31(14-11-2)19-15-20(22(33)30-28(24(35)36)16-18(28)12-3)32(17-19)23(34)21(26(4,5)6)29-25(37)38-27(7,8)9/h10-11,18-21H,1-2,12-17H2,3-9H3,(H,29,37)(H,30,33)(H,35,36)/t18?,19-,20+,21-,28?/m1/s1. The molecule has 1 saturated carbocycles. The number of ether oxygens (including phenoxy) is 1. The van der Waals surface area contributed by atoms with Crippen LogP contribution in [0.4, 0.5) is 4.79 Å². The Balaban J connectivity index is 2.40. The van der Waals surface area contributed by atoms with Crippen LogP contribution in [0.5, 0.6) is 0 Å². The molecule has 3 N–H and O–H groups in total. The molecule has 2 aliphatic rings. The normalized spacial score (nSPS) is 25.9. The maximum absolute atomic E-state index is 14.0. The predicted octanol–water partition coefficient (Wildman–Crippen LogP) is 2.94. The van der Waals surface area contributed by atoms with Gasteiger partial charge in [0.2, 0.25) is 11.8 Å². The first kappa shape index (κ1) is 31.3. The number of aliphatic carboxylic acids is 1. The highest BCUT2D eigenvalue weighted by Crippen LogP contribution is 2.46. The highest BCUT2D eigenvalue weighted by Gasteiger charge is 2.61. The van der Waals surface area contributed by atoms with Gasteiger partial charge in [-0.25, -0.2) is 9.59 Å². The third-order valence-electron chi connectivity index (χ3n) is 7.21. The lowest BCUT2D eigenvalue weighted by molar-refractivity contribution is -0.146. The molecule has 0 bridgehead atoms. The molecule has 10 heteroatoms. The molecule has 2 rings (SSSR count). The van der Waals surface area contributed by atoms with Crippen molar-refractivity contribution in [2.45, 2.75) is 97.0 Å². The molecule has 1 aliphatic carbocycles. The van der Waals surface area contributed by atoms with E-state index in [2.05, 4.69) is 28.7 Å². The summed E-state index contributed by atoms with van der Waals surface area (Å²) in [5, 5.41) is 15.3. The van der Waals surface area contributed by atoms with Crippen molar-refractivity contribution in [3.8, 4) is 0 Å². The summed E-state index contributed by atoms with van der Waals surface area (Å²) in [5.74, 6) is -2.14. The lowest BCUT2D eigenvalue weighted by Gasteiger charge is -2.36. The van der Waals surface area contributed by atoms with E-state index >= 15 is 0 Å². The van der Waals surface area contributed by atoms with Crippen LogP contribution in [0.15, 0.2) is 25.3 Å². The van der Waals surface area contributed by atoms with Crippen LogP contribution in [0, 0.1) is 11.3 Å². The summed E-state index contributed by atoms with van der Waals surface area (Å²) in [6.07, 6.45) is 4.08. The Hall–Kier alpha value is -2.88. The number of carbonyl (C=O) groups excluding carboxylic acids is 3. The Morgan fingerprint density at radius 3 is 2.13 bits per heavy atom. The van der Waals surface area contributed by atoms with Gasteiger partial charge < -0.3 is 25.4 Å². The van der Waals surface area contributed by atoms with Crippen LogP contribution in [-0.2, 0) is 19.1 Å². The summed E-state index contributed by atoms with van der Waals surface area (Å²) in [4.78, 5) is 55.9. The van der Waals surface area contributed by atoms with E-state index in [4.69, 9.17) is 4.74 Å². The molecule has 214 valence electrons. The van der Waals surface area contributed by atoms with Crippen molar-refractivity contribution in [2.75, 3.05) is 19.6 Å². The average Bonchev–Trinajstić information content (AvgIpc) is 3.32. The molecule has 0 spiro atoms. The number of carbonyl (C=O) groups is 4. The molecule has 1 aliphatic heterocycles. The van der Waals surface area contributed by atoms with E-state index in [1.165, 1.54) is 4.90 Å². The van der Waals surface area contributed by atoms with Gasteiger partial charge in [0.15, 0.2) is 0 Å². The predicted molar refractivity (Wildman–Crippen MR) is 145 cm³/mol. The number of nitrogens with one attached hydrogen (secondary N) is 2. The van der Waals surface area contributed by atoms with E-state index < -0.39 is 52.5 Å². The number of likely N-dealkylation sites (tertiary alicyclic amines) is 1. The minimum Gasteiger partial charge on any atom is -0.479 e. The minimum atomic E-state index is -1.31. The van der Waals surface area contributed by atoms with Crippen molar-refractivity contribution >= 4 is 23.9 Å². The van der Waals surface area contributed by atoms with Gasteiger partial charge >= 0.3 is 12.1 Å². The van der Waals surface area contributed by atoms with Crippen LogP contribution in [0.25, 0.3) is 0 Å². The molecule has 38 heavy (non-hydrogen) atoms. The molecule has 0 radical (unpaired) electrons. The maximum atomic E-state index is 14.0. The summed E-state index contributed by atoms with van der Waals surface area (Å²) < 4.78 is 5.40. The molecule has 5 atom stereocenters. The Morgan fingerprint density at radius 1 is 1.13 bits per heavy atom. The quantitative estimate of drug-likeness (QED) is 0.348. The first-order valence-electron chi connectivity index (χ1n) is 13.3. The Bertz CT molecular complexity index is 927. The van der Waals surface area contributed by atoms with Crippen LogP contribution >= 0.6 is 0 Å². The molecule has 0 aromatic rings. The molecule has 3 amide bonds. The Labute approximate surface area is 226 Å². The van der Waals surface area contributed by atoms with Gasteiger partial charge in [0, 0.05) is 25.7 Å². The number of carboxylic acid groups (broad SMARTS) is 1. The zero-order valence-electron chi connectivity index (χ0n) is 24.0. The first-order valence-corrected chi connectivity index (χ1v) is 13.3. The van der Waals surface area contributed by atoms with E-state index in [1.54, 1.807) is 32.9 Å². The summed E-state index contributed by atoms with van der Waals surface area (Å²) in [6, 6.07) is -2.06. The van der Waals surface area contributed by atoms with Crippen LogP contribution in [0.3, 0.4) is 0 Å². The van der Waals surface area contributed by atoms with Crippen molar-refractivity contribution in [2.24, 2.45) is 11.3 Å². The van der Waals surface area contributed by atoms with Gasteiger partial charge in [-0.3, -0.25) is 14.5 Å². The van der Waals surface area contributed by atoms with Gasteiger partial charge in [-0.2, -0.15) is 0 Å². The van der Waals surface area contributed by atoms with Crippen LogP contribution in [-0.4, -0.2) is 87.7 Å². The fourth-order valence-corrected chi connectivity index (χ4v) is 5.11. The molecule has 1 saturated heterocycles. The average molecular weight is 535 g/mol. The third-order valence-corrected chi connectivity index (χ3v) is 7.21. The Morgan fingerprint density at radius 2 is 1.71 bits per heavy atom. The van der Waals surface area contributed by atoms with Crippen LogP contribution < -0.4 is 10.6 Å². The molecule has 2 unspecified atom stereocenters. The second kappa shape index (κ2) is 11.9. The monoisotopic (exact) mass is 534 g/mol. The van der Waals surface area contributed by atoms with Gasteiger partial charge in [-0.05, 0) is 44.9 Å². The second-order valence-electron chi connectivity index (χ2n) is 12.4. The van der Waals surface area contributed by atoms with Crippen LogP contribution in [0.1, 0.15) is 67.7 Å². The van der Waals surface area contributed by atoms with Gasteiger partial charge in [-0.1, -0.05) is 46.3 Å². The third kappa shape index (κ3) is 7.36. The largest absolute Gasteiger partial charge is 0.479 e. The minimum absolute atomic E-state index is 0.153. The summed E-state index contributed by atoms with van der Waals surface area (Å²) in [7, 11) is 0. The molecule has 2 fully saturated rings. The zero-order valence-corrected chi connectivity index (χ0v) is 24.0. The SMILES string of the molecule is C=CCN(CC=C)[C@@H]1C[C@@H](C(=O)NC2(C(=O)O)CC2CC)N(C(=O)[C@@H](NC(=O)OC(C)(C)C)C(C)(C)C)C1. The fourth-order valence-electron chi connectivity index (χ4n) is 5.11. The van der Waals surface area contributed by atoms with Crippen molar-refractivity contribution < 1.29 is 29.0 Å². The van der Waals surface area contributed by atoms with Crippen molar-refractivity contribution in [1.29, 1.82) is 0 Å². The van der Waals surface area contributed by atoms with E-state index in [9.17, 15) is 24.3 Å². The van der Waals surface area contributed by atoms with Gasteiger partial charge in [0.1, 0.15) is 23.2 Å². The maximum Gasteiger partial charge on any atom is 0.408 e. The van der Waals surface area contributed by atoms with Gasteiger partial charge in [-0.15, -0.1) is 13.2 Å². The fraction of sp³-hybridized carbons (Fsp3) is 0.714. The lowest BCUT2D eigenvalue weighted by Crippen LogP contribution is -2.59. The van der Waals surface area contributed by atoms with Crippen LogP contribution in [0.2, 0.25) is 0 Å². The molecular formula is C28H46N4O6. The number of alkyl carbamates (subject to hydrolysis) is 1. The van der Waals surface area contributed by atoms with Crippen molar-refractivity contribution in [3.63, 3.8) is 0 Å².